The van der Waals surface area contributed by atoms with Crippen LogP contribution in [0.3, 0.4) is 0 Å². The van der Waals surface area contributed by atoms with Gasteiger partial charge in [0, 0.05) is 12.1 Å². The molecule has 1 aromatic rings. The number of amides is 1. The molecule has 0 aliphatic carbocycles. The van der Waals surface area contributed by atoms with E-state index in [1.54, 1.807) is 0 Å². The average molecular weight is 318 g/mol. The molecule has 23 heavy (non-hydrogen) atoms. The minimum absolute atomic E-state index is 0.0648. The van der Waals surface area contributed by atoms with Gasteiger partial charge in [0.15, 0.2) is 0 Å². The minimum Gasteiger partial charge on any atom is -0.352 e. The number of carbonyl (C=O) groups is 1. The van der Waals surface area contributed by atoms with Crippen molar-refractivity contribution in [2.75, 3.05) is 6.54 Å². The Kier molecular flexibility index (Phi) is 11.3. The van der Waals surface area contributed by atoms with Gasteiger partial charge in [0.05, 0.1) is 0 Å². The molecule has 0 bridgehead atoms. The second-order valence-corrected chi connectivity index (χ2v) is 6.53. The Morgan fingerprint density at radius 3 is 1.96 bits per heavy atom. The number of rotatable bonds is 13. The van der Waals surface area contributed by atoms with E-state index in [2.05, 4.69) is 31.3 Å². The zero-order valence-corrected chi connectivity index (χ0v) is 15.2. The van der Waals surface area contributed by atoms with Gasteiger partial charge >= 0.3 is 0 Å². The minimum atomic E-state index is 0.0648. The van der Waals surface area contributed by atoms with Gasteiger partial charge in [-0.15, -0.1) is 0 Å². The third-order valence-corrected chi connectivity index (χ3v) is 4.35. The quantitative estimate of drug-likeness (QED) is 0.451. The van der Waals surface area contributed by atoms with Gasteiger partial charge in [0.1, 0.15) is 0 Å². The summed E-state index contributed by atoms with van der Waals surface area (Å²) in [5, 5.41) is 3.03. The summed E-state index contributed by atoms with van der Waals surface area (Å²) < 4.78 is 0. The maximum absolute atomic E-state index is 12.1. The molecule has 1 amide bonds. The second-order valence-electron chi connectivity index (χ2n) is 6.53. The van der Waals surface area contributed by atoms with Gasteiger partial charge < -0.3 is 5.32 Å². The lowest BCUT2D eigenvalue weighted by atomic mass is 10.1. The maximum Gasteiger partial charge on any atom is 0.251 e. The first kappa shape index (κ1) is 19.7. The van der Waals surface area contributed by atoms with Crippen molar-refractivity contribution in [3.05, 3.63) is 35.4 Å². The molecule has 0 heterocycles. The zero-order chi connectivity index (χ0) is 16.8. The third kappa shape index (κ3) is 9.43. The molecule has 0 saturated heterocycles. The van der Waals surface area contributed by atoms with Crippen molar-refractivity contribution in [1.82, 2.24) is 5.32 Å². The number of carbonyl (C=O) groups excluding carboxylic acids is 1. The van der Waals surface area contributed by atoms with Crippen LogP contribution >= 0.6 is 0 Å². The molecule has 0 fully saturated rings. The standard InChI is InChI=1S/C21H35NO/c1-3-5-7-8-9-10-11-12-18-22-21(23)20-16-14-19(15-17-20)13-6-4-2/h14-17H,3-13,18H2,1-2H3,(H,22,23). The molecular formula is C21H35NO. The first-order chi connectivity index (χ1) is 11.3. The Morgan fingerprint density at radius 2 is 1.35 bits per heavy atom. The molecule has 0 saturated carbocycles. The van der Waals surface area contributed by atoms with E-state index in [4.69, 9.17) is 0 Å². The molecule has 0 unspecified atom stereocenters. The van der Waals surface area contributed by atoms with Crippen molar-refractivity contribution in [2.24, 2.45) is 0 Å². The molecule has 1 aromatic carbocycles. The number of hydrogen-bond acceptors (Lipinski definition) is 1. The van der Waals surface area contributed by atoms with Crippen LogP contribution in [0.4, 0.5) is 0 Å². The van der Waals surface area contributed by atoms with Crippen LogP contribution in [0.1, 0.15) is 94.0 Å². The molecule has 0 radical (unpaired) electrons. The third-order valence-electron chi connectivity index (χ3n) is 4.35. The van der Waals surface area contributed by atoms with E-state index in [-0.39, 0.29) is 5.91 Å². The van der Waals surface area contributed by atoms with Crippen LogP contribution in [0.2, 0.25) is 0 Å². The summed E-state index contributed by atoms with van der Waals surface area (Å²) in [5.41, 5.74) is 2.11. The van der Waals surface area contributed by atoms with Crippen LogP contribution in [0.25, 0.3) is 0 Å². The molecule has 0 aromatic heterocycles. The topological polar surface area (TPSA) is 29.1 Å². The van der Waals surface area contributed by atoms with Crippen LogP contribution < -0.4 is 5.32 Å². The highest BCUT2D eigenvalue weighted by Gasteiger charge is 2.04. The van der Waals surface area contributed by atoms with Crippen molar-refractivity contribution in [1.29, 1.82) is 0 Å². The summed E-state index contributed by atoms with van der Waals surface area (Å²) in [4.78, 5) is 12.1. The fraction of sp³-hybridized carbons (Fsp3) is 0.667. The normalized spacial score (nSPS) is 10.7. The van der Waals surface area contributed by atoms with Crippen molar-refractivity contribution in [3.63, 3.8) is 0 Å². The van der Waals surface area contributed by atoms with E-state index in [0.29, 0.717) is 0 Å². The molecule has 2 heteroatoms. The van der Waals surface area contributed by atoms with Gasteiger partial charge in [0.25, 0.3) is 5.91 Å². The number of unbranched alkanes of at least 4 members (excludes halogenated alkanes) is 8. The molecule has 0 aliphatic heterocycles. The lowest BCUT2D eigenvalue weighted by Crippen LogP contribution is -2.24. The van der Waals surface area contributed by atoms with Crippen LogP contribution in [-0.4, -0.2) is 12.5 Å². The van der Waals surface area contributed by atoms with Crippen molar-refractivity contribution >= 4 is 5.91 Å². The summed E-state index contributed by atoms with van der Waals surface area (Å²) >= 11 is 0. The first-order valence-electron chi connectivity index (χ1n) is 9.65. The highest BCUT2D eigenvalue weighted by atomic mass is 16.1. The van der Waals surface area contributed by atoms with Crippen LogP contribution in [0, 0.1) is 0 Å². The Bertz CT molecular complexity index is 410. The van der Waals surface area contributed by atoms with Crippen molar-refractivity contribution in [3.8, 4) is 0 Å². The molecular weight excluding hydrogens is 282 g/mol. The summed E-state index contributed by atoms with van der Waals surface area (Å²) in [7, 11) is 0. The SMILES string of the molecule is CCCCCCCCCCNC(=O)c1ccc(CCCC)cc1. The molecule has 1 rings (SSSR count). The Balaban J connectivity index is 2.09. The number of hydrogen-bond donors (Lipinski definition) is 1. The van der Waals surface area contributed by atoms with E-state index in [1.165, 1.54) is 63.4 Å². The molecule has 0 aliphatic rings. The van der Waals surface area contributed by atoms with E-state index < -0.39 is 0 Å². The van der Waals surface area contributed by atoms with Gasteiger partial charge in [-0.25, -0.2) is 0 Å². The monoisotopic (exact) mass is 317 g/mol. The average Bonchev–Trinajstić information content (AvgIpc) is 2.58. The first-order valence-corrected chi connectivity index (χ1v) is 9.65. The van der Waals surface area contributed by atoms with E-state index in [1.807, 2.05) is 12.1 Å². The van der Waals surface area contributed by atoms with Crippen LogP contribution in [-0.2, 0) is 6.42 Å². The van der Waals surface area contributed by atoms with Crippen LogP contribution in [0.5, 0.6) is 0 Å². The number of benzene rings is 1. The second kappa shape index (κ2) is 13.2. The van der Waals surface area contributed by atoms with Gasteiger partial charge in [-0.05, 0) is 37.0 Å². The van der Waals surface area contributed by atoms with Crippen molar-refractivity contribution in [2.45, 2.75) is 84.5 Å². The summed E-state index contributed by atoms with van der Waals surface area (Å²) in [6.45, 7) is 5.25. The molecule has 0 spiro atoms. The molecule has 1 N–H and O–H groups in total. The van der Waals surface area contributed by atoms with Crippen LogP contribution in [0.15, 0.2) is 24.3 Å². The van der Waals surface area contributed by atoms with Gasteiger partial charge in [0.2, 0.25) is 0 Å². The lowest BCUT2D eigenvalue weighted by molar-refractivity contribution is 0.0953. The molecule has 0 atom stereocenters. The Labute approximate surface area is 143 Å². The maximum atomic E-state index is 12.1. The van der Waals surface area contributed by atoms with E-state index in [0.717, 1.165) is 24.9 Å². The van der Waals surface area contributed by atoms with Gasteiger partial charge in [-0.1, -0.05) is 77.3 Å². The zero-order valence-electron chi connectivity index (χ0n) is 15.2. The predicted molar refractivity (Wildman–Crippen MR) is 100.0 cm³/mol. The highest BCUT2D eigenvalue weighted by molar-refractivity contribution is 5.94. The smallest absolute Gasteiger partial charge is 0.251 e. The predicted octanol–water partition coefficient (Wildman–Crippen LogP) is 5.90. The van der Waals surface area contributed by atoms with Crippen molar-refractivity contribution < 1.29 is 4.79 Å². The van der Waals surface area contributed by atoms with E-state index in [9.17, 15) is 4.79 Å². The summed E-state index contributed by atoms with van der Waals surface area (Å²) in [6.07, 6.45) is 13.9. The molecule has 2 nitrogen and oxygen atoms in total. The highest BCUT2D eigenvalue weighted by Crippen LogP contribution is 2.09. The summed E-state index contributed by atoms with van der Waals surface area (Å²) in [5.74, 6) is 0.0648. The Morgan fingerprint density at radius 1 is 0.783 bits per heavy atom. The largest absolute Gasteiger partial charge is 0.352 e. The summed E-state index contributed by atoms with van der Waals surface area (Å²) in [6, 6.07) is 8.07. The van der Waals surface area contributed by atoms with E-state index >= 15 is 0 Å². The number of nitrogens with one attached hydrogen (secondary N) is 1. The lowest BCUT2D eigenvalue weighted by Gasteiger charge is -2.06. The van der Waals surface area contributed by atoms with Gasteiger partial charge in [-0.2, -0.15) is 0 Å². The van der Waals surface area contributed by atoms with Gasteiger partial charge in [-0.3, -0.25) is 4.79 Å². The fourth-order valence-corrected chi connectivity index (χ4v) is 2.77. The number of aryl methyl sites for hydroxylation is 1. The molecule has 130 valence electrons. The Hall–Kier alpha value is -1.31. The fourth-order valence-electron chi connectivity index (χ4n) is 2.77.